The van der Waals surface area contributed by atoms with Crippen molar-refractivity contribution in [3.8, 4) is 0 Å². The number of aliphatic carboxylic acids is 2. The second-order valence-corrected chi connectivity index (χ2v) is 12.4. The molecular weight excluding hydrogens is 580 g/mol. The van der Waals surface area contributed by atoms with Crippen LogP contribution in [-0.2, 0) is 51.3 Å². The van der Waals surface area contributed by atoms with Crippen molar-refractivity contribution in [2.24, 2.45) is 9.98 Å². The van der Waals surface area contributed by atoms with Gasteiger partial charge in [-0.3, -0.25) is 19.2 Å². The van der Waals surface area contributed by atoms with Crippen molar-refractivity contribution in [1.82, 2.24) is 9.97 Å². The number of carbonyl (C=O) groups is 4. The molecule has 234 valence electrons. The molecule has 0 aliphatic carbocycles. The lowest BCUT2D eigenvalue weighted by Gasteiger charge is -2.11. The Kier molecular flexibility index (Phi) is 9.98. The number of aliphatic imine (C=N–C) groups is 2. The lowest BCUT2D eigenvalue weighted by molar-refractivity contribution is -0.138. The lowest BCUT2D eigenvalue weighted by atomic mass is 9.96. The van der Waals surface area contributed by atoms with Gasteiger partial charge in [-0.1, -0.05) is 6.92 Å². The van der Waals surface area contributed by atoms with Crippen LogP contribution in [0.1, 0.15) is 92.0 Å². The Morgan fingerprint density at radius 1 is 0.750 bits per heavy atom. The van der Waals surface area contributed by atoms with Gasteiger partial charge in [-0.25, -0.2) is 9.98 Å². The van der Waals surface area contributed by atoms with E-state index in [-0.39, 0.29) is 29.9 Å². The molecule has 0 radical (unpaired) electrons. The van der Waals surface area contributed by atoms with Crippen molar-refractivity contribution in [2.75, 3.05) is 0 Å². The molecule has 0 spiro atoms. The molecule has 2 aliphatic rings. The maximum Gasteiger partial charge on any atom is 0.303 e. The molecule has 0 saturated carbocycles. The predicted molar refractivity (Wildman–Crippen MR) is 172 cm³/mol. The van der Waals surface area contributed by atoms with Crippen LogP contribution in [-0.4, -0.2) is 60.6 Å². The van der Waals surface area contributed by atoms with Gasteiger partial charge >= 0.3 is 11.9 Å². The first-order chi connectivity index (χ1) is 20.7. The van der Waals surface area contributed by atoms with Gasteiger partial charge in [0.25, 0.3) is 11.8 Å². The smallest absolute Gasteiger partial charge is 0.303 e. The summed E-state index contributed by atoms with van der Waals surface area (Å²) in [5, 5.41) is 18.8. The molecule has 1 unspecified atom stereocenters. The standard InChI is InChI=1S/C33H40N4O6S/c1-7-20-15(2)25(36-33(20)43)12-23-16(3)21(8-10-29(38)39)26(34-23)14-27-22(9-11-30(40)41)17(4)24(35-27)13-28-31(19(6)44)18(5)32(42)37-28/h19,34-35,44H,7-14H2,1-6H3,(H,38,39)(H,40,41). The van der Waals surface area contributed by atoms with E-state index in [2.05, 4.69) is 32.6 Å². The Morgan fingerprint density at radius 2 is 1.23 bits per heavy atom. The van der Waals surface area contributed by atoms with Crippen molar-refractivity contribution in [3.63, 3.8) is 0 Å². The van der Waals surface area contributed by atoms with Crippen LogP contribution in [0.4, 0.5) is 0 Å². The number of amides is 2. The minimum Gasteiger partial charge on any atom is -0.481 e. The van der Waals surface area contributed by atoms with Gasteiger partial charge in [-0.2, -0.15) is 12.6 Å². The summed E-state index contributed by atoms with van der Waals surface area (Å²) in [6.07, 6.45) is 2.31. The Labute approximate surface area is 262 Å². The van der Waals surface area contributed by atoms with Crippen LogP contribution in [0.5, 0.6) is 0 Å². The summed E-state index contributed by atoms with van der Waals surface area (Å²) in [4.78, 5) is 63.5. The first-order valence-corrected chi connectivity index (χ1v) is 15.4. The highest BCUT2D eigenvalue weighted by atomic mass is 32.1. The Hall–Kier alpha value is -3.99. The lowest BCUT2D eigenvalue weighted by Crippen LogP contribution is -2.13. The van der Waals surface area contributed by atoms with E-state index in [1.165, 1.54) is 0 Å². The summed E-state index contributed by atoms with van der Waals surface area (Å²) in [6.45, 7) is 11.4. The molecule has 2 aromatic rings. The number of aromatic nitrogens is 2. The third kappa shape index (κ3) is 6.72. The minimum absolute atomic E-state index is 0.0470. The van der Waals surface area contributed by atoms with E-state index in [0.717, 1.165) is 56.2 Å². The fourth-order valence-electron chi connectivity index (χ4n) is 6.31. The molecule has 44 heavy (non-hydrogen) atoms. The van der Waals surface area contributed by atoms with Gasteiger partial charge in [0.1, 0.15) is 0 Å². The molecule has 11 heteroatoms. The van der Waals surface area contributed by atoms with Crippen molar-refractivity contribution < 1.29 is 29.4 Å². The monoisotopic (exact) mass is 620 g/mol. The summed E-state index contributed by atoms with van der Waals surface area (Å²) >= 11 is 4.57. The van der Waals surface area contributed by atoms with E-state index < -0.39 is 11.9 Å². The molecule has 4 N–H and O–H groups in total. The van der Waals surface area contributed by atoms with Gasteiger partial charge in [-0.05, 0) is 87.3 Å². The number of allylic oxidation sites excluding steroid dienone is 1. The highest BCUT2D eigenvalue weighted by Gasteiger charge is 2.29. The Bertz CT molecular complexity index is 1680. The number of thiol groups is 1. The van der Waals surface area contributed by atoms with E-state index >= 15 is 0 Å². The van der Waals surface area contributed by atoms with E-state index in [1.54, 1.807) is 6.92 Å². The molecule has 10 nitrogen and oxygen atoms in total. The fraction of sp³-hybridized carbons (Fsp3) is 0.455. The summed E-state index contributed by atoms with van der Waals surface area (Å²) in [7, 11) is 0. The molecule has 0 fully saturated rings. The zero-order valence-electron chi connectivity index (χ0n) is 26.1. The van der Waals surface area contributed by atoms with E-state index in [0.29, 0.717) is 61.1 Å². The van der Waals surface area contributed by atoms with Crippen LogP contribution in [0, 0.1) is 13.8 Å². The normalized spacial score (nSPS) is 15.9. The zero-order chi connectivity index (χ0) is 32.5. The quantitative estimate of drug-likeness (QED) is 0.187. The number of nitrogens with one attached hydrogen (secondary N) is 2. The summed E-state index contributed by atoms with van der Waals surface area (Å²) in [6, 6.07) is 0. The maximum atomic E-state index is 12.4. The second kappa shape index (κ2) is 13.3. The van der Waals surface area contributed by atoms with Crippen molar-refractivity contribution in [2.45, 2.75) is 98.2 Å². The summed E-state index contributed by atoms with van der Waals surface area (Å²) in [5.74, 6) is -2.29. The average Bonchev–Trinajstić information content (AvgIpc) is 3.59. The highest BCUT2D eigenvalue weighted by molar-refractivity contribution is 7.81. The van der Waals surface area contributed by atoms with Gasteiger partial charge in [-0.15, -0.1) is 0 Å². The number of hydrogen-bond acceptors (Lipinski definition) is 5. The fourth-order valence-corrected chi connectivity index (χ4v) is 6.65. The highest BCUT2D eigenvalue weighted by Crippen LogP contribution is 2.31. The topological polar surface area (TPSA) is 165 Å². The SMILES string of the molecule is CCC1=C(C)C(Cc2[nH]c(Cc3[nH]c(CC4=NC(=O)C(C)=C4C(C)S)c(C)c3CCC(=O)O)c(CCC(=O)O)c2C)=NC1=O. The van der Waals surface area contributed by atoms with Crippen LogP contribution in [0.15, 0.2) is 32.3 Å². The number of nitrogens with zero attached hydrogens (tertiary/aromatic N) is 2. The number of carbonyl (C=O) groups excluding carboxylic acids is 2. The number of carboxylic acids is 2. The third-order valence-electron chi connectivity index (χ3n) is 8.79. The molecular formula is C33H40N4O6S. The minimum atomic E-state index is -0.907. The molecule has 0 aromatic carbocycles. The molecule has 2 aliphatic heterocycles. The van der Waals surface area contributed by atoms with Crippen LogP contribution >= 0.6 is 12.6 Å². The Balaban J connectivity index is 1.74. The number of carboxylic acid groups (broad SMARTS) is 2. The van der Waals surface area contributed by atoms with Crippen LogP contribution < -0.4 is 0 Å². The average molecular weight is 621 g/mol. The molecule has 0 saturated heterocycles. The van der Waals surface area contributed by atoms with Crippen molar-refractivity contribution in [1.29, 1.82) is 0 Å². The van der Waals surface area contributed by atoms with E-state index in [1.807, 2.05) is 34.6 Å². The zero-order valence-corrected chi connectivity index (χ0v) is 27.0. The van der Waals surface area contributed by atoms with Crippen molar-refractivity contribution >= 4 is 47.8 Å². The van der Waals surface area contributed by atoms with Crippen LogP contribution in [0.2, 0.25) is 0 Å². The number of hydrogen-bond donors (Lipinski definition) is 5. The predicted octanol–water partition coefficient (Wildman–Crippen LogP) is 4.99. The molecule has 2 aromatic heterocycles. The van der Waals surface area contributed by atoms with Crippen LogP contribution in [0.3, 0.4) is 0 Å². The first kappa shape index (κ1) is 32.9. The van der Waals surface area contributed by atoms with E-state index in [9.17, 15) is 29.4 Å². The first-order valence-electron chi connectivity index (χ1n) is 14.9. The van der Waals surface area contributed by atoms with E-state index in [4.69, 9.17) is 0 Å². The van der Waals surface area contributed by atoms with Gasteiger partial charge in [0.05, 0.1) is 11.4 Å². The summed E-state index contributed by atoms with van der Waals surface area (Å²) < 4.78 is 0. The molecule has 2 amide bonds. The van der Waals surface area contributed by atoms with Gasteiger partial charge in [0.15, 0.2) is 0 Å². The second-order valence-electron chi connectivity index (χ2n) is 11.6. The third-order valence-corrected chi connectivity index (χ3v) is 9.04. The maximum absolute atomic E-state index is 12.4. The Morgan fingerprint density at radius 3 is 1.66 bits per heavy atom. The van der Waals surface area contributed by atoms with Gasteiger partial charge in [0, 0.05) is 71.3 Å². The number of H-pyrrole nitrogens is 2. The summed E-state index contributed by atoms with van der Waals surface area (Å²) in [5.41, 5.74) is 11.3. The molecule has 4 rings (SSSR count). The molecule has 4 heterocycles. The molecule has 0 bridgehead atoms. The van der Waals surface area contributed by atoms with Crippen LogP contribution in [0.25, 0.3) is 0 Å². The van der Waals surface area contributed by atoms with Crippen molar-refractivity contribution in [3.05, 3.63) is 67.3 Å². The molecule has 1 atom stereocenters. The number of rotatable bonds is 14. The van der Waals surface area contributed by atoms with Gasteiger partial charge in [0.2, 0.25) is 0 Å². The largest absolute Gasteiger partial charge is 0.481 e. The van der Waals surface area contributed by atoms with Gasteiger partial charge < -0.3 is 20.2 Å². The number of aromatic amines is 2.